The van der Waals surface area contributed by atoms with Gasteiger partial charge in [0.25, 0.3) is 0 Å². The molecule has 0 fully saturated rings. The van der Waals surface area contributed by atoms with E-state index in [0.29, 0.717) is 5.92 Å². The van der Waals surface area contributed by atoms with E-state index in [1.54, 1.807) is 0 Å². The number of alkyl halides is 2. The number of hydrogen-bond acceptors (Lipinski definition) is 1. The lowest BCUT2D eigenvalue weighted by atomic mass is 9.98. The standard InChI is InChI=1S/C12H22Cl2OSi/c1-5-6-7-11(12(13)14)8-10(2)9-15-16(3)4/h10-12,16H,5,8-9H2,1-4H3. The van der Waals surface area contributed by atoms with E-state index in [9.17, 15) is 0 Å². The van der Waals surface area contributed by atoms with Crippen molar-refractivity contribution in [2.75, 3.05) is 6.61 Å². The van der Waals surface area contributed by atoms with Crippen molar-refractivity contribution in [1.29, 1.82) is 0 Å². The monoisotopic (exact) mass is 280 g/mol. The summed E-state index contributed by atoms with van der Waals surface area (Å²) in [7, 11) is -0.921. The maximum absolute atomic E-state index is 5.92. The molecule has 0 saturated heterocycles. The molecule has 94 valence electrons. The van der Waals surface area contributed by atoms with Crippen molar-refractivity contribution in [3.63, 3.8) is 0 Å². The molecule has 0 radical (unpaired) electrons. The highest BCUT2D eigenvalue weighted by molar-refractivity contribution is 6.48. The van der Waals surface area contributed by atoms with Crippen LogP contribution in [0.1, 0.15) is 26.7 Å². The number of hydrogen-bond donors (Lipinski definition) is 0. The molecular formula is C12H22Cl2OSi. The second-order valence-electron chi connectivity index (χ2n) is 4.34. The lowest BCUT2D eigenvalue weighted by Crippen LogP contribution is -2.18. The van der Waals surface area contributed by atoms with Gasteiger partial charge in [-0.3, -0.25) is 0 Å². The van der Waals surface area contributed by atoms with Gasteiger partial charge >= 0.3 is 0 Å². The maximum atomic E-state index is 5.92. The Morgan fingerprint density at radius 1 is 1.31 bits per heavy atom. The Morgan fingerprint density at radius 3 is 2.38 bits per heavy atom. The van der Waals surface area contributed by atoms with Crippen LogP contribution in [0.25, 0.3) is 0 Å². The summed E-state index contributed by atoms with van der Waals surface area (Å²) in [5.74, 6) is 6.71. The number of rotatable bonds is 6. The van der Waals surface area contributed by atoms with Gasteiger partial charge in [0.1, 0.15) is 4.84 Å². The van der Waals surface area contributed by atoms with Crippen LogP contribution in [0.5, 0.6) is 0 Å². The summed E-state index contributed by atoms with van der Waals surface area (Å²) in [5, 5.41) is 0. The normalized spacial score (nSPS) is 14.8. The molecule has 2 atom stereocenters. The lowest BCUT2D eigenvalue weighted by molar-refractivity contribution is 0.247. The van der Waals surface area contributed by atoms with Crippen molar-refractivity contribution in [2.24, 2.45) is 11.8 Å². The highest BCUT2D eigenvalue weighted by Crippen LogP contribution is 2.22. The molecule has 0 aliphatic heterocycles. The fraction of sp³-hybridized carbons (Fsp3) is 0.833. The van der Waals surface area contributed by atoms with Crippen molar-refractivity contribution in [3.8, 4) is 11.8 Å². The van der Waals surface area contributed by atoms with Crippen LogP contribution in [0.2, 0.25) is 13.1 Å². The van der Waals surface area contributed by atoms with Gasteiger partial charge < -0.3 is 4.43 Å². The summed E-state index contributed by atoms with van der Waals surface area (Å²) in [6.45, 7) is 9.33. The predicted molar refractivity (Wildman–Crippen MR) is 75.7 cm³/mol. The second-order valence-corrected chi connectivity index (χ2v) is 7.93. The Kier molecular flexibility index (Phi) is 9.54. The van der Waals surface area contributed by atoms with Crippen molar-refractivity contribution in [3.05, 3.63) is 0 Å². The average Bonchev–Trinajstić information content (AvgIpc) is 2.20. The first kappa shape index (κ1) is 16.3. The quantitative estimate of drug-likeness (QED) is 0.408. The van der Waals surface area contributed by atoms with Gasteiger partial charge in [-0.05, 0) is 25.4 Å². The summed E-state index contributed by atoms with van der Waals surface area (Å²) in [4.78, 5) is -0.405. The van der Waals surface area contributed by atoms with E-state index in [1.807, 2.05) is 6.92 Å². The first-order valence-electron chi connectivity index (χ1n) is 5.85. The zero-order valence-corrected chi connectivity index (χ0v) is 13.3. The van der Waals surface area contributed by atoms with E-state index in [-0.39, 0.29) is 5.92 Å². The topological polar surface area (TPSA) is 9.23 Å². The van der Waals surface area contributed by atoms with Crippen molar-refractivity contribution in [1.82, 2.24) is 0 Å². The van der Waals surface area contributed by atoms with Crippen LogP contribution < -0.4 is 0 Å². The molecule has 0 spiro atoms. The molecule has 0 aromatic rings. The van der Waals surface area contributed by atoms with E-state index >= 15 is 0 Å². The molecular weight excluding hydrogens is 259 g/mol. The van der Waals surface area contributed by atoms with Crippen molar-refractivity contribution >= 4 is 32.2 Å². The summed E-state index contributed by atoms with van der Waals surface area (Å²) >= 11 is 11.8. The van der Waals surface area contributed by atoms with Crippen LogP contribution in [0.3, 0.4) is 0 Å². The van der Waals surface area contributed by atoms with Gasteiger partial charge in [0.2, 0.25) is 0 Å². The first-order chi connectivity index (χ1) is 7.47. The van der Waals surface area contributed by atoms with Gasteiger partial charge in [-0.25, -0.2) is 0 Å². The van der Waals surface area contributed by atoms with Gasteiger partial charge in [0.05, 0.1) is 5.92 Å². The Labute approximate surface area is 112 Å². The first-order valence-corrected chi connectivity index (χ1v) is 9.50. The summed E-state index contributed by atoms with van der Waals surface area (Å²) in [6, 6.07) is 0. The lowest BCUT2D eigenvalue weighted by Gasteiger charge is -2.18. The fourth-order valence-electron chi connectivity index (χ4n) is 1.32. The molecule has 16 heavy (non-hydrogen) atoms. The van der Waals surface area contributed by atoms with Crippen molar-refractivity contribution < 1.29 is 4.43 Å². The Bertz CT molecular complexity index is 233. The van der Waals surface area contributed by atoms with E-state index in [2.05, 4.69) is 31.9 Å². The van der Waals surface area contributed by atoms with Crippen LogP contribution in [0.4, 0.5) is 0 Å². The summed E-state index contributed by atoms with van der Waals surface area (Å²) < 4.78 is 5.69. The van der Waals surface area contributed by atoms with Crippen molar-refractivity contribution in [2.45, 2.75) is 44.6 Å². The molecule has 4 heteroatoms. The molecule has 0 amide bonds. The third kappa shape index (κ3) is 8.47. The summed E-state index contributed by atoms with van der Waals surface area (Å²) in [5.41, 5.74) is 0. The van der Waals surface area contributed by atoms with Crippen LogP contribution in [-0.4, -0.2) is 20.5 Å². The van der Waals surface area contributed by atoms with E-state index < -0.39 is 13.9 Å². The van der Waals surface area contributed by atoms with Crippen LogP contribution in [0.15, 0.2) is 0 Å². The van der Waals surface area contributed by atoms with Gasteiger partial charge in [0.15, 0.2) is 9.04 Å². The molecule has 0 aromatic heterocycles. The maximum Gasteiger partial charge on any atom is 0.170 e. The van der Waals surface area contributed by atoms with Crippen LogP contribution in [-0.2, 0) is 4.43 Å². The Balaban J connectivity index is 4.08. The highest BCUT2D eigenvalue weighted by atomic mass is 35.5. The third-order valence-corrected chi connectivity index (χ3v) is 3.61. The SMILES string of the molecule is CCC#CC(CC(C)CO[SiH](C)C)C(Cl)Cl. The Morgan fingerprint density at radius 2 is 1.94 bits per heavy atom. The minimum Gasteiger partial charge on any atom is -0.420 e. The minimum atomic E-state index is -0.921. The largest absolute Gasteiger partial charge is 0.420 e. The highest BCUT2D eigenvalue weighted by Gasteiger charge is 2.18. The molecule has 0 aromatic carbocycles. The molecule has 0 N–H and O–H groups in total. The molecule has 0 heterocycles. The molecule has 0 rings (SSSR count). The van der Waals surface area contributed by atoms with Gasteiger partial charge in [-0.15, -0.1) is 29.1 Å². The predicted octanol–water partition coefficient (Wildman–Crippen LogP) is 3.85. The van der Waals surface area contributed by atoms with Crippen LogP contribution >= 0.6 is 23.2 Å². The zero-order valence-electron chi connectivity index (χ0n) is 10.6. The number of halogens is 2. The Hall–Kier alpha value is 0.317. The van der Waals surface area contributed by atoms with E-state index in [1.165, 1.54) is 0 Å². The zero-order chi connectivity index (χ0) is 12.6. The summed E-state index contributed by atoms with van der Waals surface area (Å²) in [6.07, 6.45) is 1.76. The van der Waals surface area contributed by atoms with Gasteiger partial charge in [-0.2, -0.15) is 0 Å². The minimum absolute atomic E-state index is 0.0655. The molecule has 0 bridgehead atoms. The second kappa shape index (κ2) is 9.36. The molecule has 0 aliphatic rings. The molecule has 2 unspecified atom stereocenters. The average molecular weight is 281 g/mol. The van der Waals surface area contributed by atoms with E-state index in [4.69, 9.17) is 27.6 Å². The van der Waals surface area contributed by atoms with Gasteiger partial charge in [-0.1, -0.05) is 19.8 Å². The molecule has 0 aliphatic carbocycles. The smallest absolute Gasteiger partial charge is 0.170 e. The fourth-order valence-corrected chi connectivity index (χ4v) is 2.36. The van der Waals surface area contributed by atoms with Gasteiger partial charge in [0, 0.05) is 13.0 Å². The molecule has 0 saturated carbocycles. The molecule has 1 nitrogen and oxygen atoms in total. The van der Waals surface area contributed by atoms with Crippen LogP contribution in [0, 0.1) is 23.7 Å². The van der Waals surface area contributed by atoms with E-state index in [0.717, 1.165) is 19.4 Å². The third-order valence-electron chi connectivity index (χ3n) is 2.14.